The molecule has 0 radical (unpaired) electrons. The number of ether oxygens (including phenoxy) is 1. The first-order chi connectivity index (χ1) is 14.6. The number of aliphatic imine (C=N–C) groups is 1. The monoisotopic (exact) mass is 416 g/mol. The first-order valence-corrected chi connectivity index (χ1v) is 10.9. The number of unbranched alkanes of at least 4 members (excludes halogenated alkanes) is 3. The number of guanidine groups is 1. The average molecular weight is 417 g/mol. The van der Waals surface area contributed by atoms with Crippen molar-refractivity contribution in [3.63, 3.8) is 0 Å². The van der Waals surface area contributed by atoms with Crippen LogP contribution in [0, 0.1) is 0 Å². The molecule has 8 nitrogen and oxygen atoms in total. The molecule has 1 aromatic carbocycles. The zero-order valence-corrected chi connectivity index (χ0v) is 17.7. The van der Waals surface area contributed by atoms with Gasteiger partial charge in [0.15, 0.2) is 0 Å². The van der Waals surface area contributed by atoms with Gasteiger partial charge in [0.1, 0.15) is 12.3 Å². The van der Waals surface area contributed by atoms with Crippen molar-refractivity contribution in [3.8, 4) is 5.75 Å². The lowest BCUT2D eigenvalue weighted by Gasteiger charge is -2.23. The number of amides is 2. The van der Waals surface area contributed by atoms with Gasteiger partial charge in [0, 0.05) is 31.6 Å². The van der Waals surface area contributed by atoms with Crippen LogP contribution in [-0.2, 0) is 16.1 Å². The number of rotatable bonds is 12. The lowest BCUT2D eigenvalue weighted by molar-refractivity contribution is -0.132. The van der Waals surface area contributed by atoms with E-state index in [-0.39, 0.29) is 18.4 Å². The molecule has 2 heterocycles. The zero-order chi connectivity index (χ0) is 21.3. The lowest BCUT2D eigenvalue weighted by atomic mass is 10.1. The molecule has 0 unspecified atom stereocenters. The first kappa shape index (κ1) is 22.1. The van der Waals surface area contributed by atoms with Gasteiger partial charge in [-0.2, -0.15) is 0 Å². The smallest absolute Gasteiger partial charge is 0.246 e. The van der Waals surface area contributed by atoms with Gasteiger partial charge in [-0.05, 0) is 31.0 Å². The molecule has 2 aliphatic heterocycles. The number of aliphatic hydroxyl groups is 1. The number of fused-ring (bicyclic) bond motifs is 2. The Kier molecular flexibility index (Phi) is 8.07. The van der Waals surface area contributed by atoms with E-state index in [0.29, 0.717) is 51.6 Å². The summed E-state index contributed by atoms with van der Waals surface area (Å²) in [6.45, 7) is 4.66. The molecule has 8 heteroatoms. The van der Waals surface area contributed by atoms with Crippen molar-refractivity contribution in [2.75, 3.05) is 32.8 Å². The molecule has 0 aromatic heterocycles. The third kappa shape index (κ3) is 5.95. The van der Waals surface area contributed by atoms with Gasteiger partial charge in [-0.3, -0.25) is 14.9 Å². The molecule has 1 saturated heterocycles. The van der Waals surface area contributed by atoms with E-state index in [4.69, 9.17) is 4.74 Å². The summed E-state index contributed by atoms with van der Waals surface area (Å²) >= 11 is 0. The van der Waals surface area contributed by atoms with Crippen LogP contribution in [0.1, 0.15) is 51.0 Å². The minimum absolute atomic E-state index is 0.00647. The molecule has 0 bridgehead atoms. The third-order valence-electron chi connectivity index (χ3n) is 5.33. The maximum atomic E-state index is 12.4. The Hall–Kier alpha value is -2.61. The predicted octanol–water partition coefficient (Wildman–Crippen LogP) is 2.18. The van der Waals surface area contributed by atoms with E-state index in [1.54, 1.807) is 4.90 Å². The van der Waals surface area contributed by atoms with Gasteiger partial charge in [0.05, 0.1) is 18.9 Å². The van der Waals surface area contributed by atoms with Crippen molar-refractivity contribution < 1.29 is 19.4 Å². The van der Waals surface area contributed by atoms with E-state index in [2.05, 4.69) is 17.2 Å². The maximum absolute atomic E-state index is 12.4. The molecule has 2 aliphatic rings. The molecule has 1 aromatic rings. The van der Waals surface area contributed by atoms with E-state index in [9.17, 15) is 14.7 Å². The number of hydrogen-bond acceptors (Lipinski definition) is 6. The Morgan fingerprint density at radius 3 is 2.90 bits per heavy atom. The lowest BCUT2D eigenvalue weighted by Crippen LogP contribution is -2.34. The summed E-state index contributed by atoms with van der Waals surface area (Å²) in [6, 6.07) is 5.71. The van der Waals surface area contributed by atoms with Crippen LogP contribution < -0.4 is 10.1 Å². The van der Waals surface area contributed by atoms with Crippen LogP contribution >= 0.6 is 0 Å². The molecular formula is C22H32N4O4. The highest BCUT2D eigenvalue weighted by atomic mass is 16.5. The summed E-state index contributed by atoms with van der Waals surface area (Å²) in [6.07, 6.45) is 5.46. The van der Waals surface area contributed by atoms with Crippen LogP contribution in [-0.4, -0.2) is 65.5 Å². The highest BCUT2D eigenvalue weighted by Gasteiger charge is 2.29. The van der Waals surface area contributed by atoms with Gasteiger partial charge in [0.25, 0.3) is 0 Å². The second-order valence-corrected chi connectivity index (χ2v) is 7.75. The molecule has 0 spiro atoms. The Balaban J connectivity index is 1.43. The van der Waals surface area contributed by atoms with Gasteiger partial charge in [0.2, 0.25) is 17.8 Å². The van der Waals surface area contributed by atoms with E-state index < -0.39 is 0 Å². The Morgan fingerprint density at radius 1 is 1.23 bits per heavy atom. The number of aliphatic hydroxyl groups excluding tert-OH is 1. The first-order valence-electron chi connectivity index (χ1n) is 10.9. The highest BCUT2D eigenvalue weighted by Crippen LogP contribution is 2.30. The maximum Gasteiger partial charge on any atom is 0.246 e. The summed E-state index contributed by atoms with van der Waals surface area (Å²) < 4.78 is 5.84. The number of benzene rings is 1. The molecule has 2 amide bonds. The van der Waals surface area contributed by atoms with Crippen molar-refractivity contribution >= 4 is 23.5 Å². The van der Waals surface area contributed by atoms with Crippen LogP contribution in [0.2, 0.25) is 0 Å². The SMILES string of the molecule is CCCCCCN(CCO)C(=O)CCCOc1ccc2c(c1)CN1CC(=O)NC1=N2. The number of hydrogen-bond donors (Lipinski definition) is 2. The third-order valence-corrected chi connectivity index (χ3v) is 5.33. The van der Waals surface area contributed by atoms with Crippen molar-refractivity contribution in [1.82, 2.24) is 15.1 Å². The fourth-order valence-corrected chi connectivity index (χ4v) is 3.71. The number of carbonyl (C=O) groups is 2. The quantitative estimate of drug-likeness (QED) is 0.510. The van der Waals surface area contributed by atoms with Crippen LogP contribution in [0.25, 0.3) is 0 Å². The number of nitrogens with zero attached hydrogens (tertiary/aromatic N) is 3. The normalized spacial score (nSPS) is 14.7. The van der Waals surface area contributed by atoms with E-state index in [1.807, 2.05) is 23.1 Å². The molecule has 1 fully saturated rings. The van der Waals surface area contributed by atoms with Crippen LogP contribution in [0.4, 0.5) is 5.69 Å². The van der Waals surface area contributed by atoms with Crippen LogP contribution in [0.15, 0.2) is 23.2 Å². The minimum Gasteiger partial charge on any atom is -0.494 e. The van der Waals surface area contributed by atoms with Crippen LogP contribution in [0.5, 0.6) is 5.75 Å². The van der Waals surface area contributed by atoms with E-state index >= 15 is 0 Å². The second-order valence-electron chi connectivity index (χ2n) is 7.75. The van der Waals surface area contributed by atoms with Crippen molar-refractivity contribution in [1.29, 1.82) is 0 Å². The Labute approximate surface area is 177 Å². The number of carbonyl (C=O) groups excluding carboxylic acids is 2. The van der Waals surface area contributed by atoms with Gasteiger partial charge in [-0.1, -0.05) is 26.2 Å². The fourth-order valence-electron chi connectivity index (χ4n) is 3.71. The summed E-state index contributed by atoms with van der Waals surface area (Å²) in [5.74, 6) is 1.39. The van der Waals surface area contributed by atoms with Gasteiger partial charge < -0.3 is 19.6 Å². The molecule has 0 aliphatic carbocycles. The molecule has 30 heavy (non-hydrogen) atoms. The standard InChI is InChI=1S/C22H32N4O4/c1-2-3-4-5-10-25(11-12-27)21(29)7-6-13-30-18-8-9-19-17(14-18)15-26-16-20(28)24-22(26)23-19/h8-9,14,27H,2-7,10-13,15-16H2,1H3,(H,23,24,28). The van der Waals surface area contributed by atoms with Crippen LogP contribution in [0.3, 0.4) is 0 Å². The fraction of sp³-hybridized carbons (Fsp3) is 0.591. The van der Waals surface area contributed by atoms with E-state index in [1.165, 1.54) is 6.42 Å². The largest absolute Gasteiger partial charge is 0.494 e. The molecule has 0 atom stereocenters. The molecular weight excluding hydrogens is 384 g/mol. The molecule has 164 valence electrons. The molecule has 3 rings (SSSR count). The predicted molar refractivity (Wildman–Crippen MR) is 115 cm³/mol. The summed E-state index contributed by atoms with van der Waals surface area (Å²) in [4.78, 5) is 32.1. The van der Waals surface area contributed by atoms with Crippen molar-refractivity contribution in [2.24, 2.45) is 4.99 Å². The van der Waals surface area contributed by atoms with Gasteiger partial charge in [-0.25, -0.2) is 4.99 Å². The van der Waals surface area contributed by atoms with Gasteiger partial charge >= 0.3 is 0 Å². The van der Waals surface area contributed by atoms with Crippen molar-refractivity contribution in [2.45, 2.75) is 52.0 Å². The summed E-state index contributed by atoms with van der Waals surface area (Å²) in [5, 5.41) is 12.0. The summed E-state index contributed by atoms with van der Waals surface area (Å²) in [7, 11) is 0. The molecule has 0 saturated carbocycles. The number of nitrogens with one attached hydrogen (secondary N) is 1. The molecule has 2 N–H and O–H groups in total. The Bertz CT molecular complexity index is 780. The van der Waals surface area contributed by atoms with E-state index in [0.717, 1.165) is 36.3 Å². The average Bonchev–Trinajstić information content (AvgIpc) is 3.10. The minimum atomic E-state index is -0.0386. The summed E-state index contributed by atoms with van der Waals surface area (Å²) in [5.41, 5.74) is 1.86. The van der Waals surface area contributed by atoms with Gasteiger partial charge in [-0.15, -0.1) is 0 Å². The zero-order valence-electron chi connectivity index (χ0n) is 17.7. The topological polar surface area (TPSA) is 94.5 Å². The van der Waals surface area contributed by atoms with Crippen molar-refractivity contribution in [3.05, 3.63) is 23.8 Å². The Morgan fingerprint density at radius 2 is 2.10 bits per heavy atom. The highest BCUT2D eigenvalue weighted by molar-refractivity contribution is 6.05. The second kappa shape index (κ2) is 11.0.